The summed E-state index contributed by atoms with van der Waals surface area (Å²) in [4.78, 5) is 0. The smallest absolute Gasteiger partial charge is 0.145 e. The van der Waals surface area contributed by atoms with Crippen LogP contribution in [0.3, 0.4) is 0 Å². The van der Waals surface area contributed by atoms with Gasteiger partial charge in [-0.3, -0.25) is 0 Å². The van der Waals surface area contributed by atoms with Crippen molar-refractivity contribution in [3.05, 3.63) is 106 Å². The van der Waals surface area contributed by atoms with Gasteiger partial charge in [-0.15, -0.1) is 0 Å². The SMILES string of the molecule is C[C@@H](Cc1ccc(C2CCC(c3cc(F)c(Cl)c(F)c3)CC2)cc1)c1ccccc1. The van der Waals surface area contributed by atoms with Gasteiger partial charge in [-0.05, 0) is 84.2 Å². The molecule has 1 saturated carbocycles. The lowest BCUT2D eigenvalue weighted by molar-refractivity contribution is 0.394. The Bertz CT molecular complexity index is 950. The van der Waals surface area contributed by atoms with E-state index < -0.39 is 16.7 Å². The van der Waals surface area contributed by atoms with Crippen LogP contribution in [0.25, 0.3) is 0 Å². The summed E-state index contributed by atoms with van der Waals surface area (Å²) in [6, 6.07) is 22.5. The predicted molar refractivity (Wildman–Crippen MR) is 120 cm³/mol. The quantitative estimate of drug-likeness (QED) is 0.360. The van der Waals surface area contributed by atoms with E-state index in [0.29, 0.717) is 11.8 Å². The van der Waals surface area contributed by atoms with Crippen LogP contribution < -0.4 is 0 Å². The van der Waals surface area contributed by atoms with Crippen LogP contribution in [0.5, 0.6) is 0 Å². The van der Waals surface area contributed by atoms with Crippen LogP contribution in [0.4, 0.5) is 8.78 Å². The van der Waals surface area contributed by atoms with Crippen molar-refractivity contribution in [3.8, 4) is 0 Å². The molecule has 3 aromatic carbocycles. The van der Waals surface area contributed by atoms with Gasteiger partial charge in [-0.2, -0.15) is 0 Å². The Hall–Kier alpha value is -2.19. The van der Waals surface area contributed by atoms with Gasteiger partial charge in [0.1, 0.15) is 16.7 Å². The molecule has 3 aromatic rings. The van der Waals surface area contributed by atoms with E-state index in [9.17, 15) is 8.78 Å². The molecule has 3 heteroatoms. The molecule has 0 radical (unpaired) electrons. The highest BCUT2D eigenvalue weighted by Gasteiger charge is 2.25. The van der Waals surface area contributed by atoms with Crippen LogP contribution in [0.1, 0.15) is 72.6 Å². The molecular weight excluding hydrogens is 398 g/mol. The van der Waals surface area contributed by atoms with Gasteiger partial charge in [-0.25, -0.2) is 8.78 Å². The molecule has 0 nitrogen and oxygen atoms in total. The summed E-state index contributed by atoms with van der Waals surface area (Å²) in [6.07, 6.45) is 4.99. The molecule has 1 aliphatic rings. The second kappa shape index (κ2) is 9.31. The zero-order chi connectivity index (χ0) is 21.1. The molecular formula is C27H27ClF2. The summed E-state index contributed by atoms with van der Waals surface area (Å²) in [6.45, 7) is 2.27. The van der Waals surface area contributed by atoms with Crippen LogP contribution in [-0.2, 0) is 6.42 Å². The first-order valence-corrected chi connectivity index (χ1v) is 11.2. The van der Waals surface area contributed by atoms with Crippen molar-refractivity contribution in [1.82, 2.24) is 0 Å². The first kappa shape index (κ1) is 21.1. The Kier molecular flexibility index (Phi) is 6.53. The second-order valence-electron chi connectivity index (χ2n) is 8.60. The van der Waals surface area contributed by atoms with E-state index in [4.69, 9.17) is 11.6 Å². The molecule has 0 heterocycles. The van der Waals surface area contributed by atoms with Crippen molar-refractivity contribution in [2.24, 2.45) is 0 Å². The Morgan fingerprint density at radius 2 is 1.33 bits per heavy atom. The van der Waals surface area contributed by atoms with Crippen LogP contribution in [0, 0.1) is 11.6 Å². The minimum Gasteiger partial charge on any atom is -0.205 e. The summed E-state index contributed by atoms with van der Waals surface area (Å²) in [7, 11) is 0. The van der Waals surface area contributed by atoms with Gasteiger partial charge in [0.05, 0.1) is 0 Å². The van der Waals surface area contributed by atoms with Crippen molar-refractivity contribution in [3.63, 3.8) is 0 Å². The van der Waals surface area contributed by atoms with Crippen LogP contribution in [0.15, 0.2) is 66.7 Å². The number of hydrogen-bond acceptors (Lipinski definition) is 0. The summed E-state index contributed by atoms with van der Waals surface area (Å²) in [5, 5.41) is -0.408. The molecule has 0 aromatic heterocycles. The highest BCUT2D eigenvalue weighted by molar-refractivity contribution is 6.30. The molecule has 4 rings (SSSR count). The Morgan fingerprint density at radius 1 is 0.800 bits per heavy atom. The molecule has 0 bridgehead atoms. The summed E-state index contributed by atoms with van der Waals surface area (Å²) < 4.78 is 27.6. The third kappa shape index (κ3) is 4.75. The maximum absolute atomic E-state index is 13.8. The molecule has 0 spiro atoms. The van der Waals surface area contributed by atoms with Gasteiger partial charge in [0, 0.05) is 0 Å². The minimum absolute atomic E-state index is 0.202. The number of rotatable bonds is 5. The van der Waals surface area contributed by atoms with Crippen molar-refractivity contribution >= 4 is 11.6 Å². The summed E-state index contributed by atoms with van der Waals surface area (Å²) in [5.41, 5.74) is 4.84. The first-order valence-electron chi connectivity index (χ1n) is 10.8. The van der Waals surface area contributed by atoms with E-state index in [1.165, 1.54) is 28.8 Å². The van der Waals surface area contributed by atoms with Gasteiger partial charge in [0.15, 0.2) is 0 Å². The third-order valence-corrected chi connectivity index (χ3v) is 6.93. The minimum atomic E-state index is -0.658. The predicted octanol–water partition coefficient (Wildman–Crippen LogP) is 8.41. The largest absolute Gasteiger partial charge is 0.205 e. The molecule has 0 unspecified atom stereocenters. The number of halogens is 3. The van der Waals surface area contributed by atoms with E-state index >= 15 is 0 Å². The maximum atomic E-state index is 13.8. The van der Waals surface area contributed by atoms with E-state index in [2.05, 4.69) is 61.5 Å². The average molecular weight is 425 g/mol. The van der Waals surface area contributed by atoms with Crippen molar-refractivity contribution < 1.29 is 8.78 Å². The molecule has 30 heavy (non-hydrogen) atoms. The standard InChI is InChI=1S/C27H27ClF2/c1-18(20-5-3-2-4-6-20)15-19-7-9-21(10-8-19)22-11-13-23(14-12-22)24-16-25(29)27(28)26(30)17-24/h2-10,16-18,22-23H,11-15H2,1H3/t18-,22?,23?/m0/s1. The fraction of sp³-hybridized carbons (Fsp3) is 0.333. The lowest BCUT2D eigenvalue weighted by atomic mass is 9.76. The second-order valence-corrected chi connectivity index (χ2v) is 8.98. The highest BCUT2D eigenvalue weighted by atomic mass is 35.5. The van der Waals surface area contributed by atoms with Gasteiger partial charge in [0.2, 0.25) is 0 Å². The molecule has 1 fully saturated rings. The molecule has 0 aliphatic heterocycles. The van der Waals surface area contributed by atoms with Crippen LogP contribution in [-0.4, -0.2) is 0 Å². The third-order valence-electron chi connectivity index (χ3n) is 6.57. The number of hydrogen-bond donors (Lipinski definition) is 0. The van der Waals surface area contributed by atoms with E-state index in [-0.39, 0.29) is 5.92 Å². The normalized spacial score (nSPS) is 20.1. The molecule has 0 amide bonds. The van der Waals surface area contributed by atoms with Gasteiger partial charge < -0.3 is 0 Å². The zero-order valence-corrected chi connectivity index (χ0v) is 18.0. The van der Waals surface area contributed by atoms with E-state index in [1.54, 1.807) is 0 Å². The van der Waals surface area contributed by atoms with Crippen molar-refractivity contribution in [2.75, 3.05) is 0 Å². The molecule has 0 saturated heterocycles. The van der Waals surface area contributed by atoms with Gasteiger partial charge >= 0.3 is 0 Å². The first-order chi connectivity index (χ1) is 14.5. The Morgan fingerprint density at radius 3 is 1.90 bits per heavy atom. The van der Waals surface area contributed by atoms with Gasteiger partial charge in [-0.1, -0.05) is 73.1 Å². The fourth-order valence-corrected chi connectivity index (χ4v) is 4.86. The lowest BCUT2D eigenvalue weighted by Crippen LogP contribution is -2.13. The molecule has 156 valence electrons. The summed E-state index contributed by atoms with van der Waals surface area (Å²) >= 11 is 5.62. The Balaban J connectivity index is 1.36. The van der Waals surface area contributed by atoms with Gasteiger partial charge in [0.25, 0.3) is 0 Å². The Labute approximate surface area is 182 Å². The van der Waals surface area contributed by atoms with Crippen LogP contribution in [0.2, 0.25) is 5.02 Å². The molecule has 1 atom stereocenters. The van der Waals surface area contributed by atoms with E-state index in [0.717, 1.165) is 37.7 Å². The lowest BCUT2D eigenvalue weighted by Gasteiger charge is -2.29. The monoisotopic (exact) mass is 424 g/mol. The fourth-order valence-electron chi connectivity index (χ4n) is 4.75. The van der Waals surface area contributed by atoms with Crippen LogP contribution >= 0.6 is 11.6 Å². The topological polar surface area (TPSA) is 0 Å². The van der Waals surface area contributed by atoms with Crippen molar-refractivity contribution in [2.45, 2.75) is 56.8 Å². The van der Waals surface area contributed by atoms with E-state index in [1.807, 2.05) is 0 Å². The maximum Gasteiger partial charge on any atom is 0.145 e. The van der Waals surface area contributed by atoms with Crippen molar-refractivity contribution in [1.29, 1.82) is 0 Å². The zero-order valence-electron chi connectivity index (χ0n) is 17.3. The molecule has 1 aliphatic carbocycles. The summed E-state index contributed by atoms with van der Waals surface area (Å²) in [5.74, 6) is -0.103. The molecule has 0 N–H and O–H groups in total. The average Bonchev–Trinajstić information content (AvgIpc) is 2.78. The highest BCUT2D eigenvalue weighted by Crippen LogP contribution is 2.41. The number of benzene rings is 3.